The van der Waals surface area contributed by atoms with Crippen molar-refractivity contribution in [3.8, 4) is 6.07 Å². The van der Waals surface area contributed by atoms with Crippen molar-refractivity contribution in [1.82, 2.24) is 0 Å². The fourth-order valence-electron chi connectivity index (χ4n) is 1.52. The van der Waals surface area contributed by atoms with Crippen LogP contribution in [0.25, 0.3) is 0 Å². The van der Waals surface area contributed by atoms with Crippen molar-refractivity contribution in [1.29, 1.82) is 5.26 Å². The van der Waals surface area contributed by atoms with Crippen LogP contribution in [0.1, 0.15) is 18.1 Å². The van der Waals surface area contributed by atoms with Crippen LogP contribution in [-0.4, -0.2) is 0 Å². The number of azo groups is 1. The molecule has 0 radical (unpaired) electrons. The molecule has 3 heteroatoms. The second kappa shape index (κ2) is 5.74. The molecular weight excluding hydrogens is 222 g/mol. The molecule has 0 fully saturated rings. The highest BCUT2D eigenvalue weighted by atomic mass is 15.1. The average Bonchev–Trinajstić information content (AvgIpc) is 2.46. The lowest BCUT2D eigenvalue weighted by molar-refractivity contribution is 1.13. The number of aryl methyl sites for hydroxylation is 1. The van der Waals surface area contributed by atoms with Crippen molar-refractivity contribution in [2.45, 2.75) is 13.3 Å². The second-order valence-corrected chi connectivity index (χ2v) is 3.88. The van der Waals surface area contributed by atoms with Crippen molar-refractivity contribution < 1.29 is 0 Å². The molecule has 3 nitrogen and oxygen atoms in total. The minimum absolute atomic E-state index is 0.626. The van der Waals surface area contributed by atoms with Gasteiger partial charge >= 0.3 is 0 Å². The zero-order valence-electron chi connectivity index (χ0n) is 10.2. The largest absolute Gasteiger partial charge is 0.192 e. The first-order chi connectivity index (χ1) is 8.81. The Kier molecular flexibility index (Phi) is 3.83. The van der Waals surface area contributed by atoms with E-state index in [1.54, 1.807) is 24.3 Å². The SMILES string of the molecule is CCc1ccc(N=Nc2ccc(C#N)cc2)cc1. The van der Waals surface area contributed by atoms with E-state index in [1.165, 1.54) is 5.56 Å². The molecule has 0 heterocycles. The summed E-state index contributed by atoms with van der Waals surface area (Å²) in [6, 6.07) is 17.1. The van der Waals surface area contributed by atoms with Crippen LogP contribution in [-0.2, 0) is 6.42 Å². The van der Waals surface area contributed by atoms with E-state index in [1.807, 2.05) is 24.3 Å². The second-order valence-electron chi connectivity index (χ2n) is 3.88. The maximum atomic E-state index is 8.68. The van der Waals surface area contributed by atoms with Crippen LogP contribution in [0.15, 0.2) is 58.8 Å². The summed E-state index contributed by atoms with van der Waals surface area (Å²) in [7, 11) is 0. The lowest BCUT2D eigenvalue weighted by Crippen LogP contribution is -1.76. The number of rotatable bonds is 3. The molecule has 0 bridgehead atoms. The summed E-state index contributed by atoms with van der Waals surface area (Å²) in [6.07, 6.45) is 1.02. The van der Waals surface area contributed by atoms with Gasteiger partial charge in [-0.25, -0.2) is 0 Å². The third-order valence-corrected chi connectivity index (χ3v) is 2.62. The minimum Gasteiger partial charge on any atom is -0.192 e. The summed E-state index contributed by atoms with van der Waals surface area (Å²) in [5, 5.41) is 17.0. The predicted molar refractivity (Wildman–Crippen MR) is 71.2 cm³/mol. The molecule has 18 heavy (non-hydrogen) atoms. The Morgan fingerprint density at radius 3 is 1.83 bits per heavy atom. The molecule has 0 amide bonds. The summed E-state index contributed by atoms with van der Waals surface area (Å²) >= 11 is 0. The van der Waals surface area contributed by atoms with E-state index in [9.17, 15) is 0 Å². The molecule has 0 unspecified atom stereocenters. The molecule has 0 saturated carbocycles. The smallest absolute Gasteiger partial charge is 0.0991 e. The standard InChI is InChI=1S/C15H13N3/c1-2-12-3-7-14(8-4-12)17-18-15-9-5-13(11-16)6-10-15/h3-10H,2H2,1H3. The van der Waals surface area contributed by atoms with Crippen LogP contribution in [0.4, 0.5) is 11.4 Å². The molecule has 0 spiro atoms. The molecule has 2 aromatic rings. The lowest BCUT2D eigenvalue weighted by Gasteiger charge is -1.96. The van der Waals surface area contributed by atoms with E-state index in [0.29, 0.717) is 5.56 Å². The molecule has 2 rings (SSSR count). The monoisotopic (exact) mass is 235 g/mol. The molecule has 88 valence electrons. The molecule has 0 atom stereocenters. The van der Waals surface area contributed by atoms with E-state index in [0.717, 1.165) is 17.8 Å². The van der Waals surface area contributed by atoms with Gasteiger partial charge < -0.3 is 0 Å². The number of nitrogens with zero attached hydrogens (tertiary/aromatic N) is 3. The van der Waals surface area contributed by atoms with Crippen LogP contribution in [0.2, 0.25) is 0 Å². The van der Waals surface area contributed by atoms with Gasteiger partial charge in [-0.05, 0) is 48.4 Å². The summed E-state index contributed by atoms with van der Waals surface area (Å²) < 4.78 is 0. The summed E-state index contributed by atoms with van der Waals surface area (Å²) in [5.41, 5.74) is 3.48. The van der Waals surface area contributed by atoms with Gasteiger partial charge in [0.2, 0.25) is 0 Å². The normalized spacial score (nSPS) is 10.4. The highest BCUT2D eigenvalue weighted by Crippen LogP contribution is 2.19. The summed E-state index contributed by atoms with van der Waals surface area (Å²) in [5.74, 6) is 0. The van der Waals surface area contributed by atoms with Crippen LogP contribution < -0.4 is 0 Å². The third-order valence-electron chi connectivity index (χ3n) is 2.62. The molecular formula is C15H13N3. The number of hydrogen-bond donors (Lipinski definition) is 0. The minimum atomic E-state index is 0.626. The first kappa shape index (κ1) is 12.0. The van der Waals surface area contributed by atoms with Crippen molar-refractivity contribution in [2.24, 2.45) is 10.2 Å². The Morgan fingerprint density at radius 1 is 0.889 bits per heavy atom. The van der Waals surface area contributed by atoms with Crippen molar-refractivity contribution >= 4 is 11.4 Å². The van der Waals surface area contributed by atoms with E-state index < -0.39 is 0 Å². The van der Waals surface area contributed by atoms with E-state index in [4.69, 9.17) is 5.26 Å². The van der Waals surface area contributed by atoms with Gasteiger partial charge in [-0.1, -0.05) is 19.1 Å². The van der Waals surface area contributed by atoms with E-state index in [-0.39, 0.29) is 0 Å². The Labute approximate surface area is 106 Å². The van der Waals surface area contributed by atoms with Gasteiger partial charge in [-0.2, -0.15) is 15.5 Å². The first-order valence-electron chi connectivity index (χ1n) is 5.82. The Bertz CT molecular complexity index is 575. The van der Waals surface area contributed by atoms with Gasteiger partial charge in [0.1, 0.15) is 0 Å². The summed E-state index contributed by atoms with van der Waals surface area (Å²) in [4.78, 5) is 0. The van der Waals surface area contributed by atoms with Gasteiger partial charge in [0.25, 0.3) is 0 Å². The van der Waals surface area contributed by atoms with Gasteiger partial charge in [-0.15, -0.1) is 0 Å². The number of benzene rings is 2. The van der Waals surface area contributed by atoms with Gasteiger partial charge in [-0.3, -0.25) is 0 Å². The fourth-order valence-corrected chi connectivity index (χ4v) is 1.52. The van der Waals surface area contributed by atoms with Crippen molar-refractivity contribution in [3.05, 3.63) is 59.7 Å². The average molecular weight is 235 g/mol. The summed E-state index contributed by atoms with van der Waals surface area (Å²) in [6.45, 7) is 2.12. The van der Waals surface area contributed by atoms with E-state index >= 15 is 0 Å². The highest BCUT2D eigenvalue weighted by Gasteiger charge is 1.93. The Hall–Kier alpha value is -2.47. The van der Waals surface area contributed by atoms with Crippen LogP contribution in [0.3, 0.4) is 0 Å². The number of nitriles is 1. The van der Waals surface area contributed by atoms with Gasteiger partial charge in [0, 0.05) is 0 Å². The highest BCUT2D eigenvalue weighted by molar-refractivity contribution is 5.44. The van der Waals surface area contributed by atoms with E-state index in [2.05, 4.69) is 23.2 Å². The Balaban J connectivity index is 2.11. The third kappa shape index (κ3) is 3.02. The molecule has 0 N–H and O–H groups in total. The van der Waals surface area contributed by atoms with Crippen molar-refractivity contribution in [2.75, 3.05) is 0 Å². The quantitative estimate of drug-likeness (QED) is 0.720. The zero-order chi connectivity index (χ0) is 12.8. The lowest BCUT2D eigenvalue weighted by atomic mass is 10.2. The Morgan fingerprint density at radius 2 is 1.39 bits per heavy atom. The van der Waals surface area contributed by atoms with Crippen molar-refractivity contribution in [3.63, 3.8) is 0 Å². The van der Waals surface area contributed by atoms with Crippen LogP contribution in [0, 0.1) is 11.3 Å². The molecule has 0 saturated heterocycles. The van der Waals surface area contributed by atoms with Gasteiger partial charge in [0.05, 0.1) is 23.0 Å². The zero-order valence-corrected chi connectivity index (χ0v) is 10.2. The van der Waals surface area contributed by atoms with Crippen LogP contribution >= 0.6 is 0 Å². The molecule has 0 aliphatic rings. The molecule has 0 aliphatic carbocycles. The topological polar surface area (TPSA) is 48.5 Å². The van der Waals surface area contributed by atoms with Gasteiger partial charge in [0.15, 0.2) is 0 Å². The number of hydrogen-bond acceptors (Lipinski definition) is 3. The fraction of sp³-hybridized carbons (Fsp3) is 0.133. The molecule has 0 aromatic heterocycles. The van der Waals surface area contributed by atoms with Crippen LogP contribution in [0.5, 0.6) is 0 Å². The molecule has 0 aliphatic heterocycles. The first-order valence-corrected chi connectivity index (χ1v) is 5.82. The molecule has 2 aromatic carbocycles. The maximum absolute atomic E-state index is 8.68. The predicted octanol–water partition coefficient (Wildman–Crippen LogP) is 4.54. The maximum Gasteiger partial charge on any atom is 0.0991 e.